The zero-order valence-electron chi connectivity index (χ0n) is 7.42. The van der Waals surface area contributed by atoms with Crippen molar-refractivity contribution in [1.29, 1.82) is 0 Å². The summed E-state index contributed by atoms with van der Waals surface area (Å²) in [6.45, 7) is 2.19. The maximum atomic E-state index is 9.68. The lowest BCUT2D eigenvalue weighted by Crippen LogP contribution is -2.21. The summed E-state index contributed by atoms with van der Waals surface area (Å²) in [6.07, 6.45) is 0. The second kappa shape index (κ2) is 4.26. The van der Waals surface area contributed by atoms with Crippen LogP contribution in [-0.4, -0.2) is 11.7 Å². The summed E-state index contributed by atoms with van der Waals surface area (Å²) < 4.78 is 1.06. The summed E-state index contributed by atoms with van der Waals surface area (Å²) in [5.74, 6) is 0.262. The molecule has 3 nitrogen and oxygen atoms in total. The number of hydrogen-bond acceptors (Lipinski definition) is 3. The van der Waals surface area contributed by atoms with Gasteiger partial charge >= 0.3 is 0 Å². The van der Waals surface area contributed by atoms with E-state index >= 15 is 0 Å². The molecule has 0 aliphatic rings. The number of hydrogen-bond donors (Lipinski definition) is 3. The van der Waals surface area contributed by atoms with E-state index in [-0.39, 0.29) is 11.8 Å². The number of phenols is 1. The molecule has 13 heavy (non-hydrogen) atoms. The predicted octanol–water partition coefficient (Wildman–Crippen LogP) is 1.26. The van der Waals surface area contributed by atoms with E-state index in [4.69, 9.17) is 11.5 Å². The summed E-state index contributed by atoms with van der Waals surface area (Å²) >= 11 is 2.19. The molecule has 5 N–H and O–H groups in total. The van der Waals surface area contributed by atoms with E-state index in [0.29, 0.717) is 6.54 Å². The van der Waals surface area contributed by atoms with Crippen molar-refractivity contribution in [1.82, 2.24) is 0 Å². The smallest absolute Gasteiger partial charge is 0.123 e. The molecule has 1 atom stereocenters. The van der Waals surface area contributed by atoms with Gasteiger partial charge in [0.05, 0.1) is 0 Å². The molecule has 0 fully saturated rings. The first kappa shape index (κ1) is 10.7. The Bertz CT molecular complexity index is 315. The molecule has 0 unspecified atom stereocenters. The molecule has 1 rings (SSSR count). The van der Waals surface area contributed by atoms with Crippen molar-refractivity contribution in [3.63, 3.8) is 0 Å². The van der Waals surface area contributed by atoms with Gasteiger partial charge in [0, 0.05) is 21.7 Å². The Morgan fingerprint density at radius 2 is 2.15 bits per heavy atom. The molecule has 0 heterocycles. The topological polar surface area (TPSA) is 72.3 Å². The molecule has 0 amide bonds. The summed E-state index contributed by atoms with van der Waals surface area (Å²) in [7, 11) is 0. The van der Waals surface area contributed by atoms with Gasteiger partial charge in [-0.2, -0.15) is 0 Å². The molecule has 0 bridgehead atoms. The van der Waals surface area contributed by atoms with Crippen LogP contribution in [0.2, 0.25) is 0 Å². The van der Waals surface area contributed by atoms with Crippen LogP contribution in [0.1, 0.15) is 17.2 Å². The van der Waals surface area contributed by atoms with E-state index in [1.807, 2.05) is 19.1 Å². The van der Waals surface area contributed by atoms with Crippen molar-refractivity contribution in [3.05, 3.63) is 26.8 Å². The number of phenolic OH excluding ortho intramolecular Hbond substituents is 1. The fraction of sp³-hybridized carbons (Fsp3) is 0.333. The Hall–Kier alpha value is -0.330. The van der Waals surface area contributed by atoms with Crippen LogP contribution in [0.5, 0.6) is 5.75 Å². The normalized spacial score (nSPS) is 12.9. The molecule has 0 aliphatic carbocycles. The number of rotatable bonds is 2. The van der Waals surface area contributed by atoms with Gasteiger partial charge in [0.25, 0.3) is 0 Å². The van der Waals surface area contributed by atoms with Gasteiger partial charge in [-0.1, -0.05) is 0 Å². The van der Waals surface area contributed by atoms with Crippen LogP contribution in [0.3, 0.4) is 0 Å². The molecular weight excluding hydrogens is 279 g/mol. The lowest BCUT2D eigenvalue weighted by atomic mass is 10.0. The highest BCUT2D eigenvalue weighted by atomic mass is 127. The summed E-state index contributed by atoms with van der Waals surface area (Å²) in [6, 6.07) is 3.48. The Labute approximate surface area is 91.3 Å². The zero-order valence-corrected chi connectivity index (χ0v) is 9.58. The number of aryl methyl sites for hydroxylation is 1. The lowest BCUT2D eigenvalue weighted by Gasteiger charge is -2.13. The average Bonchev–Trinajstić information content (AvgIpc) is 2.10. The highest BCUT2D eigenvalue weighted by Gasteiger charge is 2.11. The van der Waals surface area contributed by atoms with Crippen molar-refractivity contribution >= 4 is 22.6 Å². The molecule has 0 spiro atoms. The minimum Gasteiger partial charge on any atom is -0.507 e. The zero-order chi connectivity index (χ0) is 10.0. The highest BCUT2D eigenvalue weighted by molar-refractivity contribution is 14.1. The highest BCUT2D eigenvalue weighted by Crippen LogP contribution is 2.28. The standard InChI is InChI=1S/C9H13IN2O/c1-5-2-6(10)3-7(9(5)13)8(12)4-11/h2-3,8,13H,4,11-12H2,1H3/t8-/m0/s1. The van der Waals surface area contributed by atoms with E-state index in [0.717, 1.165) is 14.7 Å². The first-order chi connectivity index (χ1) is 6.06. The van der Waals surface area contributed by atoms with Crippen molar-refractivity contribution in [2.75, 3.05) is 6.54 Å². The second-order valence-corrected chi connectivity index (χ2v) is 4.25. The van der Waals surface area contributed by atoms with E-state index < -0.39 is 0 Å². The Kier molecular flexibility index (Phi) is 3.52. The van der Waals surface area contributed by atoms with Gasteiger partial charge in [0.2, 0.25) is 0 Å². The van der Waals surface area contributed by atoms with Gasteiger partial charge in [-0.25, -0.2) is 0 Å². The summed E-state index contributed by atoms with van der Waals surface area (Å²) in [5, 5.41) is 9.68. The average molecular weight is 292 g/mol. The van der Waals surface area contributed by atoms with Crippen LogP contribution in [0.15, 0.2) is 12.1 Å². The Morgan fingerprint density at radius 3 is 2.69 bits per heavy atom. The summed E-state index contributed by atoms with van der Waals surface area (Å²) in [4.78, 5) is 0. The van der Waals surface area contributed by atoms with Crippen LogP contribution in [0.25, 0.3) is 0 Å². The molecular formula is C9H13IN2O. The lowest BCUT2D eigenvalue weighted by molar-refractivity contribution is 0.457. The fourth-order valence-electron chi connectivity index (χ4n) is 1.17. The molecule has 72 valence electrons. The van der Waals surface area contributed by atoms with Crippen LogP contribution >= 0.6 is 22.6 Å². The first-order valence-electron chi connectivity index (χ1n) is 4.01. The molecule has 0 saturated heterocycles. The van der Waals surface area contributed by atoms with Crippen LogP contribution in [0.4, 0.5) is 0 Å². The van der Waals surface area contributed by atoms with E-state index in [1.165, 1.54) is 0 Å². The third-order valence-electron chi connectivity index (χ3n) is 1.95. The van der Waals surface area contributed by atoms with Gasteiger partial charge in [-0.05, 0) is 47.2 Å². The molecule has 1 aromatic carbocycles. The molecule has 0 aromatic heterocycles. The fourth-order valence-corrected chi connectivity index (χ4v) is 1.97. The third-order valence-corrected chi connectivity index (χ3v) is 2.57. The van der Waals surface area contributed by atoms with Crippen molar-refractivity contribution < 1.29 is 5.11 Å². The van der Waals surface area contributed by atoms with Gasteiger partial charge in [0.1, 0.15) is 5.75 Å². The largest absolute Gasteiger partial charge is 0.507 e. The van der Waals surface area contributed by atoms with Gasteiger partial charge < -0.3 is 16.6 Å². The summed E-state index contributed by atoms with van der Waals surface area (Å²) in [5.41, 5.74) is 12.7. The number of nitrogens with two attached hydrogens (primary N) is 2. The van der Waals surface area contributed by atoms with Crippen molar-refractivity contribution in [3.8, 4) is 5.75 Å². The molecule has 0 saturated carbocycles. The Morgan fingerprint density at radius 1 is 1.54 bits per heavy atom. The molecule has 0 radical (unpaired) electrons. The van der Waals surface area contributed by atoms with Gasteiger partial charge in [0.15, 0.2) is 0 Å². The van der Waals surface area contributed by atoms with E-state index in [9.17, 15) is 5.11 Å². The van der Waals surface area contributed by atoms with Crippen molar-refractivity contribution in [2.45, 2.75) is 13.0 Å². The minimum atomic E-state index is -0.284. The molecule has 4 heteroatoms. The monoisotopic (exact) mass is 292 g/mol. The number of benzene rings is 1. The minimum absolute atomic E-state index is 0.262. The maximum Gasteiger partial charge on any atom is 0.123 e. The molecule has 1 aromatic rings. The molecule has 0 aliphatic heterocycles. The SMILES string of the molecule is Cc1cc(I)cc([C@@H](N)CN)c1O. The van der Waals surface area contributed by atoms with Gasteiger partial charge in [-0.3, -0.25) is 0 Å². The van der Waals surface area contributed by atoms with Crippen LogP contribution < -0.4 is 11.5 Å². The quantitative estimate of drug-likeness (QED) is 0.719. The third kappa shape index (κ3) is 2.32. The maximum absolute atomic E-state index is 9.68. The van der Waals surface area contributed by atoms with Crippen LogP contribution in [0, 0.1) is 10.5 Å². The van der Waals surface area contributed by atoms with Crippen molar-refractivity contribution in [2.24, 2.45) is 11.5 Å². The predicted molar refractivity (Wildman–Crippen MR) is 61.5 cm³/mol. The van der Waals surface area contributed by atoms with E-state index in [2.05, 4.69) is 22.6 Å². The second-order valence-electron chi connectivity index (χ2n) is 3.00. The van der Waals surface area contributed by atoms with Gasteiger partial charge in [-0.15, -0.1) is 0 Å². The number of halogens is 1. The Balaban J connectivity index is 3.20. The number of aromatic hydroxyl groups is 1. The van der Waals surface area contributed by atoms with E-state index in [1.54, 1.807) is 0 Å². The first-order valence-corrected chi connectivity index (χ1v) is 5.08. The van der Waals surface area contributed by atoms with Crippen LogP contribution in [-0.2, 0) is 0 Å².